The van der Waals surface area contributed by atoms with Crippen LogP contribution in [0.15, 0.2) is 23.2 Å². The molecule has 1 aliphatic carbocycles. The minimum atomic E-state index is -0.388. The molecule has 0 spiro atoms. The van der Waals surface area contributed by atoms with Crippen molar-refractivity contribution in [2.75, 3.05) is 13.1 Å². The topological polar surface area (TPSA) is 41.6 Å². The molecule has 1 atom stereocenters. The molecule has 3 nitrogen and oxygen atoms in total. The fourth-order valence-corrected chi connectivity index (χ4v) is 2.52. The Hall–Kier alpha value is -1.29. The van der Waals surface area contributed by atoms with Crippen LogP contribution in [-0.4, -0.2) is 23.9 Å². The van der Waals surface area contributed by atoms with Crippen LogP contribution in [0, 0.1) is 11.7 Å². The van der Waals surface area contributed by atoms with Crippen LogP contribution in [0.4, 0.5) is 4.39 Å². The maximum atomic E-state index is 13.2. The van der Waals surface area contributed by atoms with Crippen LogP contribution in [0.3, 0.4) is 0 Å². The monoisotopic (exact) mass is 267 g/mol. The van der Waals surface area contributed by atoms with E-state index in [2.05, 4.69) is 9.89 Å². The summed E-state index contributed by atoms with van der Waals surface area (Å²) < 4.78 is 13.2. The molecular weight excluding hydrogens is 253 g/mol. The van der Waals surface area contributed by atoms with Crippen LogP contribution in [0.2, 0.25) is 5.02 Å². The van der Waals surface area contributed by atoms with E-state index in [1.807, 2.05) is 0 Å². The van der Waals surface area contributed by atoms with E-state index in [1.165, 1.54) is 18.9 Å². The molecule has 0 radical (unpaired) electrons. The van der Waals surface area contributed by atoms with Gasteiger partial charge in [-0.05, 0) is 36.5 Å². The summed E-state index contributed by atoms with van der Waals surface area (Å²) in [6, 6.07) is 4.94. The van der Waals surface area contributed by atoms with Gasteiger partial charge in [-0.15, -0.1) is 0 Å². The standard InChI is InChI=1S/C13H15ClFN3/c14-10-5-9(3-4-11(10)15)12-6-17-13(16)18(12)7-8-1-2-8/h3-5,8,12H,1-2,6-7H2,(H2,16,17). The summed E-state index contributed by atoms with van der Waals surface area (Å²) >= 11 is 5.83. The Bertz CT molecular complexity index is 499. The molecule has 0 bridgehead atoms. The van der Waals surface area contributed by atoms with Crippen molar-refractivity contribution < 1.29 is 4.39 Å². The van der Waals surface area contributed by atoms with Crippen molar-refractivity contribution in [3.63, 3.8) is 0 Å². The first-order valence-electron chi connectivity index (χ1n) is 6.16. The molecule has 1 aromatic carbocycles. The Kier molecular flexibility index (Phi) is 2.90. The lowest BCUT2D eigenvalue weighted by Gasteiger charge is -2.26. The van der Waals surface area contributed by atoms with E-state index in [4.69, 9.17) is 17.3 Å². The quantitative estimate of drug-likeness (QED) is 0.915. The second kappa shape index (κ2) is 4.43. The molecule has 0 aromatic heterocycles. The molecule has 5 heteroatoms. The van der Waals surface area contributed by atoms with E-state index in [1.54, 1.807) is 12.1 Å². The first-order valence-corrected chi connectivity index (χ1v) is 6.54. The number of aliphatic imine (C=N–C) groups is 1. The lowest BCUT2D eigenvalue weighted by Crippen LogP contribution is -2.37. The van der Waals surface area contributed by atoms with Crippen LogP contribution in [0.25, 0.3) is 0 Å². The first-order chi connectivity index (χ1) is 8.65. The highest BCUT2D eigenvalue weighted by molar-refractivity contribution is 6.30. The van der Waals surface area contributed by atoms with Gasteiger partial charge in [0.1, 0.15) is 5.82 Å². The first kappa shape index (κ1) is 11.8. The van der Waals surface area contributed by atoms with Gasteiger partial charge < -0.3 is 10.6 Å². The van der Waals surface area contributed by atoms with Crippen LogP contribution in [0.5, 0.6) is 0 Å². The van der Waals surface area contributed by atoms with E-state index >= 15 is 0 Å². The third-order valence-corrected chi connectivity index (χ3v) is 3.87. The molecule has 1 unspecified atom stereocenters. The highest BCUT2D eigenvalue weighted by Crippen LogP contribution is 2.35. The highest BCUT2D eigenvalue weighted by Gasteiger charge is 2.33. The zero-order valence-corrected chi connectivity index (χ0v) is 10.7. The van der Waals surface area contributed by atoms with Gasteiger partial charge in [0.15, 0.2) is 5.96 Å². The third-order valence-electron chi connectivity index (χ3n) is 3.58. The summed E-state index contributed by atoms with van der Waals surface area (Å²) in [5, 5.41) is 0.157. The fourth-order valence-electron chi connectivity index (χ4n) is 2.33. The largest absolute Gasteiger partial charge is 0.370 e. The van der Waals surface area contributed by atoms with Gasteiger partial charge in [-0.2, -0.15) is 0 Å². The van der Waals surface area contributed by atoms with E-state index in [0.29, 0.717) is 12.5 Å². The lowest BCUT2D eigenvalue weighted by molar-refractivity contribution is 0.333. The van der Waals surface area contributed by atoms with Crippen molar-refractivity contribution in [1.29, 1.82) is 0 Å². The predicted octanol–water partition coefficient (Wildman–Crippen LogP) is 2.56. The van der Waals surface area contributed by atoms with Crippen LogP contribution in [0.1, 0.15) is 24.4 Å². The minimum absolute atomic E-state index is 0.101. The molecule has 3 rings (SSSR count). The Morgan fingerprint density at radius 3 is 2.89 bits per heavy atom. The summed E-state index contributed by atoms with van der Waals surface area (Å²) in [5.74, 6) is 0.934. The molecule has 0 saturated heterocycles. The van der Waals surface area contributed by atoms with Gasteiger partial charge in [-0.3, -0.25) is 4.99 Å². The smallest absolute Gasteiger partial charge is 0.191 e. The number of nitrogens with two attached hydrogens (primary N) is 1. The van der Waals surface area contributed by atoms with Gasteiger partial charge in [-0.25, -0.2) is 4.39 Å². The summed E-state index contributed by atoms with van der Waals surface area (Å²) in [5.41, 5.74) is 6.90. The van der Waals surface area contributed by atoms with E-state index in [9.17, 15) is 4.39 Å². The second-order valence-corrected chi connectivity index (χ2v) is 5.39. The number of rotatable bonds is 3. The summed E-state index contributed by atoms with van der Waals surface area (Å²) in [7, 11) is 0. The van der Waals surface area contributed by atoms with Gasteiger partial charge in [0.25, 0.3) is 0 Å². The Balaban J connectivity index is 1.83. The van der Waals surface area contributed by atoms with Crippen molar-refractivity contribution >= 4 is 17.6 Å². The molecule has 1 aliphatic heterocycles. The molecule has 18 heavy (non-hydrogen) atoms. The maximum absolute atomic E-state index is 13.2. The lowest BCUT2D eigenvalue weighted by atomic mass is 10.1. The van der Waals surface area contributed by atoms with Gasteiger partial charge in [0.05, 0.1) is 17.6 Å². The third kappa shape index (κ3) is 2.17. The molecule has 2 aliphatic rings. The van der Waals surface area contributed by atoms with E-state index in [-0.39, 0.29) is 16.9 Å². The van der Waals surface area contributed by atoms with E-state index < -0.39 is 0 Å². The predicted molar refractivity (Wildman–Crippen MR) is 70.1 cm³/mol. The summed E-state index contributed by atoms with van der Waals surface area (Å²) in [6.45, 7) is 1.56. The van der Waals surface area contributed by atoms with Gasteiger partial charge in [-0.1, -0.05) is 17.7 Å². The average molecular weight is 268 g/mol. The highest BCUT2D eigenvalue weighted by atomic mass is 35.5. The average Bonchev–Trinajstić information content (AvgIpc) is 3.09. The van der Waals surface area contributed by atoms with Gasteiger partial charge >= 0.3 is 0 Å². The summed E-state index contributed by atoms with van der Waals surface area (Å²) in [6.07, 6.45) is 2.53. The maximum Gasteiger partial charge on any atom is 0.191 e. The summed E-state index contributed by atoms with van der Waals surface area (Å²) in [4.78, 5) is 6.40. The van der Waals surface area contributed by atoms with Crippen molar-refractivity contribution in [3.8, 4) is 0 Å². The number of guanidine groups is 1. The number of nitrogens with zero attached hydrogens (tertiary/aromatic N) is 2. The van der Waals surface area contributed by atoms with Gasteiger partial charge in [0.2, 0.25) is 0 Å². The van der Waals surface area contributed by atoms with Crippen LogP contribution >= 0.6 is 11.6 Å². The molecule has 1 saturated carbocycles. The van der Waals surface area contributed by atoms with Crippen LogP contribution < -0.4 is 5.73 Å². The number of halogens is 2. The van der Waals surface area contributed by atoms with Crippen molar-refractivity contribution in [1.82, 2.24) is 4.90 Å². The van der Waals surface area contributed by atoms with Crippen molar-refractivity contribution in [2.24, 2.45) is 16.6 Å². The normalized spacial score (nSPS) is 23.3. The molecule has 0 amide bonds. The Morgan fingerprint density at radius 2 is 2.22 bits per heavy atom. The van der Waals surface area contributed by atoms with Crippen molar-refractivity contribution in [3.05, 3.63) is 34.6 Å². The fraction of sp³-hybridized carbons (Fsp3) is 0.462. The Morgan fingerprint density at radius 1 is 1.44 bits per heavy atom. The second-order valence-electron chi connectivity index (χ2n) is 4.98. The molecular formula is C13H15ClFN3. The molecule has 1 fully saturated rings. The zero-order chi connectivity index (χ0) is 12.7. The van der Waals surface area contributed by atoms with Crippen molar-refractivity contribution in [2.45, 2.75) is 18.9 Å². The Labute approximate surface area is 110 Å². The number of hydrogen-bond acceptors (Lipinski definition) is 3. The number of benzene rings is 1. The van der Waals surface area contributed by atoms with E-state index in [0.717, 1.165) is 18.0 Å². The van der Waals surface area contributed by atoms with Gasteiger partial charge in [0, 0.05) is 6.54 Å². The van der Waals surface area contributed by atoms with Crippen LogP contribution in [-0.2, 0) is 0 Å². The molecule has 96 valence electrons. The molecule has 2 N–H and O–H groups in total. The number of hydrogen-bond donors (Lipinski definition) is 1. The SMILES string of the molecule is NC1=NCC(c2ccc(F)c(Cl)c2)N1CC1CC1. The zero-order valence-electron chi connectivity index (χ0n) is 9.94. The minimum Gasteiger partial charge on any atom is -0.370 e. The molecule has 1 aromatic rings. The molecule has 1 heterocycles.